The highest BCUT2D eigenvalue weighted by Gasteiger charge is 2.16. The predicted molar refractivity (Wildman–Crippen MR) is 107 cm³/mol. The van der Waals surface area contributed by atoms with E-state index in [0.717, 1.165) is 5.56 Å². The van der Waals surface area contributed by atoms with Gasteiger partial charge in [-0.1, -0.05) is 47.7 Å². The smallest absolute Gasteiger partial charge is 0.279 e. The van der Waals surface area contributed by atoms with E-state index in [1.165, 1.54) is 37.3 Å². The van der Waals surface area contributed by atoms with Gasteiger partial charge in [0.2, 0.25) is 0 Å². The van der Waals surface area contributed by atoms with Gasteiger partial charge in [0.15, 0.2) is 17.7 Å². The van der Waals surface area contributed by atoms with Crippen LogP contribution in [0.5, 0.6) is 5.75 Å². The molecule has 1 aromatic heterocycles. The highest BCUT2D eigenvalue weighted by atomic mass is 19.1. The first-order valence-electron chi connectivity index (χ1n) is 9.14. The molecule has 0 saturated heterocycles. The van der Waals surface area contributed by atoms with Crippen LogP contribution < -0.4 is 15.6 Å². The maximum absolute atomic E-state index is 13.6. The minimum atomic E-state index is -1.01. The lowest BCUT2D eigenvalue weighted by Gasteiger charge is -2.15. The molecule has 0 radical (unpaired) electrons. The van der Waals surface area contributed by atoms with Crippen LogP contribution in [0.2, 0.25) is 0 Å². The number of benzene rings is 2. The van der Waals surface area contributed by atoms with Crippen LogP contribution in [0.3, 0.4) is 0 Å². The average Bonchev–Trinajstić information content (AvgIpc) is 3.20. The first-order chi connectivity index (χ1) is 14.5. The van der Waals surface area contributed by atoms with E-state index in [9.17, 15) is 14.0 Å². The molecule has 154 valence electrons. The standard InChI is InChI=1S/C21H20FN5O3/c1-15(30-19-10-6-5-9-18(19)22)21(29)25-24-20(28)12-11-17-14-27(26-23-17)13-16-7-3-2-4-8-16/h2-12,14-15H,13H2,1H3,(H,24,28)(H,25,29)/b12-11+/t15-/m1/s1. The summed E-state index contributed by atoms with van der Waals surface area (Å²) in [5.74, 6) is -1.83. The number of amides is 2. The third kappa shape index (κ3) is 5.99. The van der Waals surface area contributed by atoms with Crippen molar-refractivity contribution in [2.45, 2.75) is 19.6 Å². The maximum atomic E-state index is 13.6. The average molecular weight is 409 g/mol. The molecule has 0 spiro atoms. The molecular formula is C21H20FN5O3. The van der Waals surface area contributed by atoms with Crippen LogP contribution in [0, 0.1) is 5.82 Å². The van der Waals surface area contributed by atoms with Crippen LogP contribution in [-0.2, 0) is 16.1 Å². The van der Waals surface area contributed by atoms with E-state index in [1.54, 1.807) is 16.9 Å². The van der Waals surface area contributed by atoms with Crippen molar-refractivity contribution in [2.75, 3.05) is 0 Å². The number of hydrazine groups is 1. The summed E-state index contributed by atoms with van der Waals surface area (Å²) in [5.41, 5.74) is 6.01. The minimum absolute atomic E-state index is 0.0510. The van der Waals surface area contributed by atoms with Crippen molar-refractivity contribution in [2.24, 2.45) is 0 Å². The lowest BCUT2D eigenvalue weighted by molar-refractivity contribution is -0.131. The van der Waals surface area contributed by atoms with Crippen molar-refractivity contribution in [3.8, 4) is 5.75 Å². The molecule has 8 nitrogen and oxygen atoms in total. The summed E-state index contributed by atoms with van der Waals surface area (Å²) in [5, 5.41) is 7.97. The van der Waals surface area contributed by atoms with E-state index in [-0.39, 0.29) is 5.75 Å². The molecule has 0 aliphatic heterocycles. The molecule has 1 atom stereocenters. The molecule has 9 heteroatoms. The molecule has 3 aromatic rings. The number of aromatic nitrogens is 3. The fourth-order valence-electron chi connectivity index (χ4n) is 2.45. The Morgan fingerprint density at radius 2 is 1.87 bits per heavy atom. The summed E-state index contributed by atoms with van der Waals surface area (Å²) in [6, 6.07) is 15.5. The Balaban J connectivity index is 1.45. The number of rotatable bonds is 7. The zero-order valence-electron chi connectivity index (χ0n) is 16.2. The maximum Gasteiger partial charge on any atom is 0.279 e. The first kappa shape index (κ1) is 20.7. The van der Waals surface area contributed by atoms with Crippen molar-refractivity contribution < 1.29 is 18.7 Å². The number of halogens is 1. The number of nitrogens with one attached hydrogen (secondary N) is 2. The molecular weight excluding hydrogens is 389 g/mol. The van der Waals surface area contributed by atoms with Gasteiger partial charge in [-0.05, 0) is 30.7 Å². The largest absolute Gasteiger partial charge is 0.478 e. The Morgan fingerprint density at radius 3 is 2.63 bits per heavy atom. The lowest BCUT2D eigenvalue weighted by Crippen LogP contribution is -2.46. The van der Waals surface area contributed by atoms with E-state index in [2.05, 4.69) is 21.2 Å². The molecule has 3 rings (SSSR count). The molecule has 0 saturated carbocycles. The van der Waals surface area contributed by atoms with Crippen LogP contribution in [0.25, 0.3) is 6.08 Å². The van der Waals surface area contributed by atoms with Gasteiger partial charge >= 0.3 is 0 Å². The van der Waals surface area contributed by atoms with Crippen LogP contribution in [-0.4, -0.2) is 32.9 Å². The Morgan fingerprint density at radius 1 is 1.13 bits per heavy atom. The second-order valence-electron chi connectivity index (χ2n) is 6.33. The first-order valence-corrected chi connectivity index (χ1v) is 9.14. The van der Waals surface area contributed by atoms with Gasteiger partial charge < -0.3 is 4.74 Å². The zero-order chi connectivity index (χ0) is 21.3. The van der Waals surface area contributed by atoms with Gasteiger partial charge in [-0.2, -0.15) is 0 Å². The van der Waals surface area contributed by atoms with Gasteiger partial charge in [-0.25, -0.2) is 9.07 Å². The van der Waals surface area contributed by atoms with E-state index >= 15 is 0 Å². The summed E-state index contributed by atoms with van der Waals surface area (Å²) in [4.78, 5) is 23.9. The van der Waals surface area contributed by atoms with Crippen LogP contribution >= 0.6 is 0 Å². The fourth-order valence-corrected chi connectivity index (χ4v) is 2.45. The molecule has 0 aliphatic rings. The third-order valence-corrected chi connectivity index (χ3v) is 3.97. The number of hydrogen-bond donors (Lipinski definition) is 2. The topological polar surface area (TPSA) is 98.1 Å². The molecule has 0 fully saturated rings. The molecule has 1 heterocycles. The van der Waals surface area contributed by atoms with Crippen LogP contribution in [0.4, 0.5) is 4.39 Å². The van der Waals surface area contributed by atoms with E-state index in [1.807, 2.05) is 30.3 Å². The van der Waals surface area contributed by atoms with Gasteiger partial charge in [0, 0.05) is 6.08 Å². The fraction of sp³-hybridized carbons (Fsp3) is 0.143. The molecule has 30 heavy (non-hydrogen) atoms. The summed E-state index contributed by atoms with van der Waals surface area (Å²) < 4.78 is 20.5. The van der Waals surface area contributed by atoms with Crippen molar-refractivity contribution in [3.63, 3.8) is 0 Å². The molecule has 2 amide bonds. The van der Waals surface area contributed by atoms with Crippen LogP contribution in [0.1, 0.15) is 18.2 Å². The van der Waals surface area contributed by atoms with Crippen molar-refractivity contribution in [3.05, 3.63) is 83.9 Å². The van der Waals surface area contributed by atoms with E-state index in [0.29, 0.717) is 12.2 Å². The number of ether oxygens (including phenoxy) is 1. The Bertz CT molecular complexity index is 1040. The predicted octanol–water partition coefficient (Wildman–Crippen LogP) is 2.09. The molecule has 0 unspecified atom stereocenters. The van der Waals surface area contributed by atoms with Gasteiger partial charge in [0.05, 0.1) is 12.7 Å². The normalized spacial score (nSPS) is 11.8. The van der Waals surface area contributed by atoms with E-state index < -0.39 is 23.7 Å². The lowest BCUT2D eigenvalue weighted by atomic mass is 10.2. The minimum Gasteiger partial charge on any atom is -0.478 e. The highest BCUT2D eigenvalue weighted by Crippen LogP contribution is 2.16. The molecule has 0 aliphatic carbocycles. The Hall–Kier alpha value is -4.01. The Kier molecular flexibility index (Phi) is 6.88. The van der Waals surface area contributed by atoms with Crippen molar-refractivity contribution in [1.82, 2.24) is 25.8 Å². The third-order valence-electron chi connectivity index (χ3n) is 3.97. The quantitative estimate of drug-likeness (QED) is 0.460. The highest BCUT2D eigenvalue weighted by molar-refractivity contribution is 5.93. The zero-order valence-corrected chi connectivity index (χ0v) is 16.2. The second-order valence-corrected chi connectivity index (χ2v) is 6.33. The molecule has 2 N–H and O–H groups in total. The molecule has 0 bridgehead atoms. The number of para-hydroxylation sites is 1. The number of carbonyl (C=O) groups excluding carboxylic acids is 2. The van der Waals surface area contributed by atoms with E-state index in [4.69, 9.17) is 4.74 Å². The summed E-state index contributed by atoms with van der Waals surface area (Å²) in [6.45, 7) is 2.00. The van der Waals surface area contributed by atoms with Crippen LogP contribution in [0.15, 0.2) is 66.9 Å². The van der Waals surface area contributed by atoms with Gasteiger partial charge in [-0.3, -0.25) is 20.4 Å². The summed E-state index contributed by atoms with van der Waals surface area (Å²) in [7, 11) is 0. The number of nitrogens with zero attached hydrogens (tertiary/aromatic N) is 3. The van der Waals surface area contributed by atoms with Gasteiger partial charge in [0.1, 0.15) is 5.69 Å². The van der Waals surface area contributed by atoms with Gasteiger partial charge in [-0.15, -0.1) is 5.10 Å². The number of carbonyl (C=O) groups is 2. The Labute approximate surface area is 172 Å². The summed E-state index contributed by atoms with van der Waals surface area (Å²) in [6.07, 6.45) is 3.36. The summed E-state index contributed by atoms with van der Waals surface area (Å²) >= 11 is 0. The molecule has 2 aromatic carbocycles. The monoisotopic (exact) mass is 409 g/mol. The number of hydrogen-bond acceptors (Lipinski definition) is 5. The van der Waals surface area contributed by atoms with Crippen molar-refractivity contribution in [1.29, 1.82) is 0 Å². The second kappa shape index (κ2) is 9.97. The van der Waals surface area contributed by atoms with Crippen molar-refractivity contribution >= 4 is 17.9 Å². The SMILES string of the molecule is C[C@@H](Oc1ccccc1F)C(=O)NNC(=O)/C=C/c1cn(Cc2ccccc2)nn1. The van der Waals surface area contributed by atoms with Gasteiger partial charge in [0.25, 0.3) is 11.8 Å².